The molecule has 3 rings (SSSR count). The van der Waals surface area contributed by atoms with Gasteiger partial charge < -0.3 is 4.90 Å². The van der Waals surface area contributed by atoms with Crippen molar-refractivity contribution in [2.24, 2.45) is 5.92 Å². The van der Waals surface area contributed by atoms with Crippen LogP contribution < -0.4 is 0 Å². The fraction of sp³-hybridized carbons (Fsp3) is 0.588. The summed E-state index contributed by atoms with van der Waals surface area (Å²) in [5.74, 6) is 0.751. The van der Waals surface area contributed by atoms with Crippen molar-refractivity contribution in [3.63, 3.8) is 0 Å². The van der Waals surface area contributed by atoms with Crippen molar-refractivity contribution in [3.05, 3.63) is 28.2 Å². The molecule has 2 aliphatic rings. The average Bonchev–Trinajstić information content (AvgIpc) is 3.39. The molecule has 1 aromatic carbocycles. The van der Waals surface area contributed by atoms with Crippen molar-refractivity contribution in [2.45, 2.75) is 17.7 Å². The predicted molar refractivity (Wildman–Crippen MR) is 100 cm³/mol. The molecule has 138 valence electrons. The largest absolute Gasteiger partial charge is 0.336 e. The number of amides is 1. The average molecular weight is 430 g/mol. The molecule has 1 amide bonds. The normalized spacial score (nSPS) is 19.4. The maximum atomic E-state index is 12.8. The van der Waals surface area contributed by atoms with Crippen LogP contribution in [0.5, 0.6) is 0 Å². The highest BCUT2D eigenvalue weighted by molar-refractivity contribution is 9.10. The molecule has 1 saturated heterocycles. The lowest BCUT2D eigenvalue weighted by Gasteiger charge is -2.35. The van der Waals surface area contributed by atoms with Crippen LogP contribution in [0.4, 0.5) is 0 Å². The van der Waals surface area contributed by atoms with E-state index in [1.54, 1.807) is 12.1 Å². The Balaban J connectivity index is 1.72. The number of piperazine rings is 1. The molecule has 1 aromatic rings. The molecule has 1 heterocycles. The second kappa shape index (κ2) is 7.34. The molecular weight excluding hydrogens is 406 g/mol. The Morgan fingerprint density at radius 1 is 1.20 bits per heavy atom. The number of halogens is 1. The third-order valence-electron chi connectivity index (χ3n) is 4.81. The molecule has 1 aliphatic carbocycles. The number of hydrogen-bond donors (Lipinski definition) is 0. The molecule has 0 atom stereocenters. The second-order valence-corrected chi connectivity index (χ2v) is 9.94. The molecule has 2 fully saturated rings. The van der Waals surface area contributed by atoms with E-state index in [2.05, 4.69) is 20.8 Å². The number of carbonyl (C=O) groups excluding carboxylic acids is 1. The minimum Gasteiger partial charge on any atom is -0.336 e. The maximum absolute atomic E-state index is 12.8. The second-order valence-electron chi connectivity index (χ2n) is 6.97. The van der Waals surface area contributed by atoms with Gasteiger partial charge in [0.1, 0.15) is 0 Å². The summed E-state index contributed by atoms with van der Waals surface area (Å²) in [6.45, 7) is 4.31. The molecule has 8 heteroatoms. The van der Waals surface area contributed by atoms with Crippen LogP contribution in [0, 0.1) is 5.92 Å². The summed E-state index contributed by atoms with van der Waals surface area (Å²) < 4.78 is 26.5. The van der Waals surface area contributed by atoms with Gasteiger partial charge in [-0.1, -0.05) is 0 Å². The molecule has 0 aromatic heterocycles. The first-order chi connectivity index (χ1) is 11.8. The van der Waals surface area contributed by atoms with Gasteiger partial charge in [0, 0.05) is 56.9 Å². The number of nitrogens with zero attached hydrogens (tertiary/aromatic N) is 3. The van der Waals surface area contributed by atoms with E-state index in [1.807, 2.05) is 4.90 Å². The predicted octanol–water partition coefficient (Wildman–Crippen LogP) is 1.87. The fourth-order valence-corrected chi connectivity index (χ4v) is 4.86. The summed E-state index contributed by atoms with van der Waals surface area (Å²) >= 11 is 3.28. The van der Waals surface area contributed by atoms with Crippen LogP contribution in [-0.2, 0) is 10.0 Å². The smallest absolute Gasteiger partial charge is 0.253 e. The molecule has 1 aliphatic heterocycles. The monoisotopic (exact) mass is 429 g/mol. The Morgan fingerprint density at radius 3 is 2.40 bits per heavy atom. The maximum Gasteiger partial charge on any atom is 0.253 e. The molecule has 0 spiro atoms. The molecule has 0 unspecified atom stereocenters. The summed E-state index contributed by atoms with van der Waals surface area (Å²) in [5, 5.41) is 0. The molecule has 6 nitrogen and oxygen atoms in total. The summed E-state index contributed by atoms with van der Waals surface area (Å²) in [7, 11) is -0.639. The first-order valence-electron chi connectivity index (χ1n) is 8.53. The lowest BCUT2D eigenvalue weighted by atomic mass is 10.2. The van der Waals surface area contributed by atoms with Crippen LogP contribution >= 0.6 is 15.9 Å². The molecule has 0 bridgehead atoms. The highest BCUT2D eigenvalue weighted by atomic mass is 79.9. The van der Waals surface area contributed by atoms with Crippen molar-refractivity contribution in [2.75, 3.05) is 46.8 Å². The zero-order valence-corrected chi connectivity index (χ0v) is 17.0. The van der Waals surface area contributed by atoms with Crippen LogP contribution in [-0.4, -0.2) is 75.2 Å². The lowest BCUT2D eigenvalue weighted by Crippen LogP contribution is -2.49. The van der Waals surface area contributed by atoms with Gasteiger partial charge in [0.15, 0.2) is 0 Å². The molecule has 0 radical (unpaired) electrons. The lowest BCUT2D eigenvalue weighted by molar-refractivity contribution is 0.0631. The van der Waals surface area contributed by atoms with Gasteiger partial charge in [-0.2, -0.15) is 0 Å². The van der Waals surface area contributed by atoms with Crippen molar-refractivity contribution < 1.29 is 13.2 Å². The zero-order valence-electron chi connectivity index (χ0n) is 14.6. The van der Waals surface area contributed by atoms with Crippen molar-refractivity contribution >= 4 is 31.9 Å². The van der Waals surface area contributed by atoms with Crippen LogP contribution in [0.15, 0.2) is 27.6 Å². The van der Waals surface area contributed by atoms with Gasteiger partial charge in [-0.3, -0.25) is 9.69 Å². The molecule has 0 N–H and O–H groups in total. The van der Waals surface area contributed by atoms with Crippen LogP contribution in [0.2, 0.25) is 0 Å². The van der Waals surface area contributed by atoms with E-state index in [0.717, 1.165) is 29.9 Å². The topological polar surface area (TPSA) is 60.9 Å². The van der Waals surface area contributed by atoms with E-state index in [0.29, 0.717) is 23.1 Å². The first kappa shape index (κ1) is 18.8. The van der Waals surface area contributed by atoms with Gasteiger partial charge in [-0.05, 0) is 52.9 Å². The fourth-order valence-electron chi connectivity index (χ4n) is 3.01. The minimum atomic E-state index is -3.60. The van der Waals surface area contributed by atoms with E-state index in [9.17, 15) is 13.2 Å². The molecule has 1 saturated carbocycles. The highest BCUT2D eigenvalue weighted by Gasteiger charge is 2.29. The van der Waals surface area contributed by atoms with Crippen LogP contribution in [0.1, 0.15) is 23.2 Å². The van der Waals surface area contributed by atoms with E-state index in [1.165, 1.54) is 33.0 Å². The third kappa shape index (κ3) is 4.24. The number of sulfonamides is 1. The summed E-state index contributed by atoms with van der Waals surface area (Å²) in [6, 6.07) is 4.78. The van der Waals surface area contributed by atoms with Crippen molar-refractivity contribution in [1.29, 1.82) is 0 Å². The summed E-state index contributed by atoms with van der Waals surface area (Å²) in [6.07, 6.45) is 2.67. The standard InChI is InChI=1S/C17H24BrN3O3S/c1-19(2)25(23,24)16-11-14(5-6-15(16)18)17(22)21-9-7-20(8-10-21)12-13-3-4-13/h5-6,11,13H,3-4,7-10,12H2,1-2H3. The number of rotatable bonds is 5. The van der Waals surface area contributed by atoms with E-state index >= 15 is 0 Å². The Labute approximate surface area is 158 Å². The van der Waals surface area contributed by atoms with Crippen molar-refractivity contribution in [1.82, 2.24) is 14.1 Å². The number of hydrogen-bond acceptors (Lipinski definition) is 4. The zero-order chi connectivity index (χ0) is 18.2. The Hall–Kier alpha value is -0.960. The molecular formula is C17H24BrN3O3S. The molecule has 25 heavy (non-hydrogen) atoms. The van der Waals surface area contributed by atoms with Gasteiger partial charge in [-0.25, -0.2) is 12.7 Å². The van der Waals surface area contributed by atoms with E-state index in [4.69, 9.17) is 0 Å². The number of benzene rings is 1. The van der Waals surface area contributed by atoms with Gasteiger partial charge in [-0.15, -0.1) is 0 Å². The third-order valence-corrected chi connectivity index (χ3v) is 7.62. The van der Waals surface area contributed by atoms with Crippen molar-refractivity contribution in [3.8, 4) is 0 Å². The van der Waals surface area contributed by atoms with Gasteiger partial charge in [0.2, 0.25) is 10.0 Å². The Morgan fingerprint density at radius 2 is 1.84 bits per heavy atom. The quantitative estimate of drug-likeness (QED) is 0.716. The highest BCUT2D eigenvalue weighted by Crippen LogP contribution is 2.30. The Bertz CT molecular complexity index is 754. The number of carbonyl (C=O) groups is 1. The summed E-state index contributed by atoms with van der Waals surface area (Å²) in [5.41, 5.74) is 0.416. The van der Waals surface area contributed by atoms with Gasteiger partial charge >= 0.3 is 0 Å². The SMILES string of the molecule is CN(C)S(=O)(=O)c1cc(C(=O)N2CCN(CC3CC3)CC2)ccc1Br. The van der Waals surface area contributed by atoms with E-state index in [-0.39, 0.29) is 10.8 Å². The van der Waals surface area contributed by atoms with Crippen LogP contribution in [0.3, 0.4) is 0 Å². The minimum absolute atomic E-state index is 0.103. The Kier molecular flexibility index (Phi) is 5.53. The van der Waals surface area contributed by atoms with Crippen LogP contribution in [0.25, 0.3) is 0 Å². The van der Waals surface area contributed by atoms with Gasteiger partial charge in [0.25, 0.3) is 5.91 Å². The first-order valence-corrected chi connectivity index (χ1v) is 10.8. The van der Waals surface area contributed by atoms with Gasteiger partial charge in [0.05, 0.1) is 4.90 Å². The van der Waals surface area contributed by atoms with E-state index < -0.39 is 10.0 Å². The summed E-state index contributed by atoms with van der Waals surface area (Å²) in [4.78, 5) is 17.1.